The lowest BCUT2D eigenvalue weighted by atomic mass is 10.0. The van der Waals surface area contributed by atoms with Crippen LogP contribution in [0.15, 0.2) is 28.7 Å². The number of halogens is 1. The molecule has 1 unspecified atom stereocenters. The SMILES string of the molecule is CC(CON)c1ccc(Br)cc1. The van der Waals surface area contributed by atoms with E-state index in [0.717, 1.165) is 4.47 Å². The van der Waals surface area contributed by atoms with Gasteiger partial charge in [0.05, 0.1) is 6.61 Å². The number of hydrogen-bond acceptors (Lipinski definition) is 2. The summed E-state index contributed by atoms with van der Waals surface area (Å²) >= 11 is 3.38. The van der Waals surface area contributed by atoms with Crippen molar-refractivity contribution in [3.8, 4) is 0 Å². The number of nitrogens with two attached hydrogens (primary N) is 1. The van der Waals surface area contributed by atoms with E-state index in [4.69, 9.17) is 5.90 Å². The van der Waals surface area contributed by atoms with Gasteiger partial charge >= 0.3 is 0 Å². The molecule has 1 aromatic rings. The Hall–Kier alpha value is -0.380. The van der Waals surface area contributed by atoms with Gasteiger partial charge in [-0.05, 0) is 17.7 Å². The summed E-state index contributed by atoms with van der Waals surface area (Å²) in [7, 11) is 0. The summed E-state index contributed by atoms with van der Waals surface area (Å²) in [5.41, 5.74) is 1.24. The van der Waals surface area contributed by atoms with Crippen molar-refractivity contribution in [3.05, 3.63) is 34.3 Å². The number of hydrogen-bond donors (Lipinski definition) is 1. The molecule has 1 rings (SSSR count). The van der Waals surface area contributed by atoms with E-state index in [9.17, 15) is 0 Å². The first-order valence-corrected chi connectivity index (χ1v) is 4.60. The lowest BCUT2D eigenvalue weighted by molar-refractivity contribution is 0.126. The minimum absolute atomic E-state index is 0.350. The van der Waals surface area contributed by atoms with E-state index < -0.39 is 0 Å². The highest BCUT2D eigenvalue weighted by Gasteiger charge is 2.03. The predicted octanol–water partition coefficient (Wildman–Crippen LogP) is 2.44. The van der Waals surface area contributed by atoms with Crippen LogP contribution >= 0.6 is 15.9 Å². The zero-order chi connectivity index (χ0) is 8.97. The minimum atomic E-state index is 0.350. The van der Waals surface area contributed by atoms with Crippen LogP contribution in [-0.2, 0) is 4.84 Å². The molecule has 0 aliphatic heterocycles. The van der Waals surface area contributed by atoms with Crippen molar-refractivity contribution < 1.29 is 4.84 Å². The van der Waals surface area contributed by atoms with Crippen LogP contribution < -0.4 is 5.90 Å². The summed E-state index contributed by atoms with van der Waals surface area (Å²) in [6.45, 7) is 2.64. The first-order chi connectivity index (χ1) is 5.74. The molecular weight excluding hydrogens is 218 g/mol. The maximum atomic E-state index is 4.99. The van der Waals surface area contributed by atoms with Gasteiger partial charge in [0, 0.05) is 10.4 Å². The Bertz CT molecular complexity index is 235. The maximum absolute atomic E-state index is 4.99. The third-order valence-electron chi connectivity index (χ3n) is 1.79. The topological polar surface area (TPSA) is 35.2 Å². The normalized spacial score (nSPS) is 12.9. The molecule has 0 aromatic heterocycles. The monoisotopic (exact) mass is 229 g/mol. The smallest absolute Gasteiger partial charge is 0.0745 e. The van der Waals surface area contributed by atoms with E-state index in [0.29, 0.717) is 12.5 Å². The molecule has 2 nitrogen and oxygen atoms in total. The van der Waals surface area contributed by atoms with Crippen LogP contribution in [0.1, 0.15) is 18.4 Å². The van der Waals surface area contributed by atoms with Crippen molar-refractivity contribution in [1.82, 2.24) is 0 Å². The third-order valence-corrected chi connectivity index (χ3v) is 2.31. The van der Waals surface area contributed by atoms with E-state index in [-0.39, 0.29) is 0 Å². The van der Waals surface area contributed by atoms with Gasteiger partial charge in [0.2, 0.25) is 0 Å². The van der Waals surface area contributed by atoms with Crippen LogP contribution in [0.5, 0.6) is 0 Å². The summed E-state index contributed by atoms with van der Waals surface area (Å²) in [5, 5.41) is 0. The molecule has 0 saturated heterocycles. The second-order valence-electron chi connectivity index (χ2n) is 2.79. The third kappa shape index (κ3) is 2.59. The van der Waals surface area contributed by atoms with Gasteiger partial charge in [0.25, 0.3) is 0 Å². The molecule has 12 heavy (non-hydrogen) atoms. The zero-order valence-electron chi connectivity index (χ0n) is 6.96. The van der Waals surface area contributed by atoms with E-state index in [2.05, 4.69) is 39.8 Å². The van der Waals surface area contributed by atoms with Gasteiger partial charge in [-0.25, -0.2) is 5.90 Å². The first-order valence-electron chi connectivity index (χ1n) is 3.81. The second-order valence-corrected chi connectivity index (χ2v) is 3.70. The van der Waals surface area contributed by atoms with Gasteiger partial charge in [-0.3, -0.25) is 0 Å². The Morgan fingerprint density at radius 1 is 1.42 bits per heavy atom. The Morgan fingerprint density at radius 3 is 2.50 bits per heavy atom. The highest BCUT2D eigenvalue weighted by atomic mass is 79.9. The standard InChI is InChI=1S/C9H12BrNO/c1-7(6-12-11)8-2-4-9(10)5-3-8/h2-5,7H,6,11H2,1H3. The van der Waals surface area contributed by atoms with Crippen LogP contribution in [0.2, 0.25) is 0 Å². The van der Waals surface area contributed by atoms with Crippen molar-refractivity contribution in [3.63, 3.8) is 0 Å². The Balaban J connectivity index is 2.68. The van der Waals surface area contributed by atoms with Crippen molar-refractivity contribution >= 4 is 15.9 Å². The summed E-state index contributed by atoms with van der Waals surface area (Å²) in [6.07, 6.45) is 0. The van der Waals surface area contributed by atoms with Gasteiger partial charge < -0.3 is 4.84 Å². The summed E-state index contributed by atoms with van der Waals surface area (Å²) in [4.78, 5) is 4.58. The average molecular weight is 230 g/mol. The molecule has 0 aliphatic rings. The molecule has 66 valence electrons. The molecule has 3 heteroatoms. The van der Waals surface area contributed by atoms with Gasteiger partial charge in [-0.15, -0.1) is 0 Å². The quantitative estimate of drug-likeness (QED) is 0.809. The minimum Gasteiger partial charge on any atom is -0.304 e. The van der Waals surface area contributed by atoms with Crippen molar-refractivity contribution in [2.45, 2.75) is 12.8 Å². The van der Waals surface area contributed by atoms with Crippen molar-refractivity contribution in [2.24, 2.45) is 5.90 Å². The van der Waals surface area contributed by atoms with E-state index in [1.165, 1.54) is 5.56 Å². The average Bonchev–Trinajstić information content (AvgIpc) is 2.06. The van der Waals surface area contributed by atoms with Gasteiger partial charge in [0.15, 0.2) is 0 Å². The summed E-state index contributed by atoms with van der Waals surface area (Å²) < 4.78 is 1.09. The lowest BCUT2D eigenvalue weighted by Crippen LogP contribution is -2.08. The molecule has 0 saturated carbocycles. The molecule has 0 bridgehead atoms. The molecule has 0 aliphatic carbocycles. The van der Waals surface area contributed by atoms with Crippen molar-refractivity contribution in [1.29, 1.82) is 0 Å². The molecule has 0 amide bonds. The Labute approximate surface area is 80.8 Å². The van der Waals surface area contributed by atoms with E-state index in [1.807, 2.05) is 12.1 Å². The molecule has 2 N–H and O–H groups in total. The summed E-state index contributed by atoms with van der Waals surface area (Å²) in [5.74, 6) is 5.34. The fourth-order valence-electron chi connectivity index (χ4n) is 1.03. The molecular formula is C9H12BrNO. The van der Waals surface area contributed by atoms with Crippen LogP contribution in [0.3, 0.4) is 0 Å². The molecule has 1 atom stereocenters. The largest absolute Gasteiger partial charge is 0.304 e. The highest BCUT2D eigenvalue weighted by molar-refractivity contribution is 9.10. The highest BCUT2D eigenvalue weighted by Crippen LogP contribution is 2.17. The van der Waals surface area contributed by atoms with Crippen molar-refractivity contribution in [2.75, 3.05) is 6.61 Å². The van der Waals surface area contributed by atoms with Gasteiger partial charge in [-0.1, -0.05) is 35.0 Å². The van der Waals surface area contributed by atoms with Crippen LogP contribution in [0.25, 0.3) is 0 Å². The lowest BCUT2D eigenvalue weighted by Gasteiger charge is -2.09. The predicted molar refractivity (Wildman–Crippen MR) is 52.7 cm³/mol. The maximum Gasteiger partial charge on any atom is 0.0745 e. The van der Waals surface area contributed by atoms with Crippen LogP contribution in [0, 0.1) is 0 Å². The fraction of sp³-hybridized carbons (Fsp3) is 0.333. The van der Waals surface area contributed by atoms with Gasteiger partial charge in [0.1, 0.15) is 0 Å². The fourth-order valence-corrected chi connectivity index (χ4v) is 1.30. The second kappa shape index (κ2) is 4.60. The Kier molecular flexibility index (Phi) is 3.72. The molecule has 0 spiro atoms. The molecule has 0 heterocycles. The number of rotatable bonds is 3. The summed E-state index contributed by atoms with van der Waals surface area (Å²) in [6, 6.07) is 8.16. The zero-order valence-corrected chi connectivity index (χ0v) is 8.54. The van der Waals surface area contributed by atoms with Crippen LogP contribution in [-0.4, -0.2) is 6.61 Å². The molecule has 1 aromatic carbocycles. The molecule has 0 radical (unpaired) electrons. The number of benzene rings is 1. The van der Waals surface area contributed by atoms with E-state index >= 15 is 0 Å². The van der Waals surface area contributed by atoms with Gasteiger partial charge in [-0.2, -0.15) is 0 Å². The Morgan fingerprint density at radius 2 is 2.00 bits per heavy atom. The first kappa shape index (κ1) is 9.71. The van der Waals surface area contributed by atoms with Crippen LogP contribution in [0.4, 0.5) is 0 Å². The molecule has 0 fully saturated rings. The van der Waals surface area contributed by atoms with E-state index in [1.54, 1.807) is 0 Å².